The number of hydrogen-bond donors (Lipinski definition) is 0. The molecule has 2 aromatic rings. The Labute approximate surface area is 128 Å². The summed E-state index contributed by atoms with van der Waals surface area (Å²) in [5.74, 6) is -0.919. The molecule has 1 aromatic carbocycles. The number of non-ortho nitro benzene ring substituents is 1. The third-order valence-electron chi connectivity index (χ3n) is 2.72. The van der Waals surface area contributed by atoms with E-state index in [1.807, 2.05) is 0 Å². The summed E-state index contributed by atoms with van der Waals surface area (Å²) in [7, 11) is 0. The van der Waals surface area contributed by atoms with Gasteiger partial charge in [-0.3, -0.25) is 19.7 Å². The van der Waals surface area contributed by atoms with Crippen LogP contribution in [0.5, 0.6) is 0 Å². The number of nitro benzene ring substituents is 1. The molecule has 2 rings (SSSR count). The summed E-state index contributed by atoms with van der Waals surface area (Å²) in [5, 5.41) is 10.9. The quantitative estimate of drug-likeness (QED) is 0.483. The maximum Gasteiger partial charge on any atom is 0.326 e. The molecule has 8 nitrogen and oxygen atoms in total. The molecule has 0 aliphatic rings. The number of rotatable bonds is 4. The highest BCUT2D eigenvalue weighted by Gasteiger charge is 2.15. The van der Waals surface area contributed by atoms with Crippen molar-refractivity contribution in [2.75, 3.05) is 6.61 Å². The van der Waals surface area contributed by atoms with Crippen molar-refractivity contribution in [1.82, 2.24) is 4.57 Å². The summed E-state index contributed by atoms with van der Waals surface area (Å²) >= 11 is 1.18. The number of ether oxygens (including phenoxy) is 1. The average Bonchev–Trinajstić information content (AvgIpc) is 2.75. The normalized spacial score (nSPS) is 11.6. The van der Waals surface area contributed by atoms with E-state index in [1.54, 1.807) is 13.0 Å². The van der Waals surface area contributed by atoms with Crippen molar-refractivity contribution in [3.05, 3.63) is 33.1 Å². The molecule has 0 bridgehead atoms. The fourth-order valence-electron chi connectivity index (χ4n) is 1.88. The van der Waals surface area contributed by atoms with Gasteiger partial charge in [0.05, 0.1) is 21.7 Å². The number of hydrogen-bond acceptors (Lipinski definition) is 6. The van der Waals surface area contributed by atoms with Gasteiger partial charge in [0.2, 0.25) is 5.91 Å². The van der Waals surface area contributed by atoms with Gasteiger partial charge in [-0.15, -0.1) is 0 Å². The monoisotopic (exact) mass is 323 g/mol. The summed E-state index contributed by atoms with van der Waals surface area (Å²) in [6, 6.07) is 4.29. The van der Waals surface area contributed by atoms with Crippen LogP contribution in [-0.4, -0.2) is 28.0 Å². The van der Waals surface area contributed by atoms with E-state index in [0.717, 1.165) is 0 Å². The van der Waals surface area contributed by atoms with Gasteiger partial charge >= 0.3 is 5.97 Å². The van der Waals surface area contributed by atoms with E-state index in [9.17, 15) is 19.7 Å². The van der Waals surface area contributed by atoms with Crippen molar-refractivity contribution < 1.29 is 19.2 Å². The van der Waals surface area contributed by atoms with Crippen LogP contribution in [0, 0.1) is 10.1 Å². The number of aromatic nitrogens is 1. The molecule has 0 radical (unpaired) electrons. The molecule has 0 aliphatic heterocycles. The van der Waals surface area contributed by atoms with Gasteiger partial charge in [-0.2, -0.15) is 4.99 Å². The fourth-order valence-corrected chi connectivity index (χ4v) is 2.93. The summed E-state index contributed by atoms with van der Waals surface area (Å²) < 4.78 is 7.03. The van der Waals surface area contributed by atoms with Crippen LogP contribution < -0.4 is 4.80 Å². The van der Waals surface area contributed by atoms with Crippen molar-refractivity contribution in [2.24, 2.45) is 4.99 Å². The molecule has 1 aromatic heterocycles. The van der Waals surface area contributed by atoms with E-state index in [-0.39, 0.29) is 18.8 Å². The van der Waals surface area contributed by atoms with Crippen molar-refractivity contribution in [1.29, 1.82) is 0 Å². The zero-order chi connectivity index (χ0) is 16.3. The molecule has 9 heteroatoms. The number of nitrogens with zero attached hydrogens (tertiary/aromatic N) is 3. The van der Waals surface area contributed by atoms with E-state index in [1.165, 1.54) is 35.0 Å². The van der Waals surface area contributed by atoms with Crippen LogP contribution in [0.15, 0.2) is 23.2 Å². The van der Waals surface area contributed by atoms with Gasteiger partial charge in [0, 0.05) is 19.1 Å². The van der Waals surface area contributed by atoms with Gasteiger partial charge in [0.1, 0.15) is 6.54 Å². The summed E-state index contributed by atoms with van der Waals surface area (Å²) in [4.78, 5) is 37.5. The number of fused-ring (bicyclic) bond motifs is 1. The predicted molar refractivity (Wildman–Crippen MR) is 79.3 cm³/mol. The minimum absolute atomic E-state index is 0.0997. The highest BCUT2D eigenvalue weighted by molar-refractivity contribution is 7.16. The lowest BCUT2D eigenvalue weighted by molar-refractivity contribution is -0.384. The molecule has 0 atom stereocenters. The first-order valence-electron chi connectivity index (χ1n) is 6.41. The standard InChI is InChI=1S/C13H13N3O5S/c1-3-21-12(18)7-15-10-6-9(16(19)20)4-5-11(10)22-13(15)14-8(2)17/h4-6H,3,7H2,1-2H3. The lowest BCUT2D eigenvalue weighted by Crippen LogP contribution is -2.22. The Hall–Kier alpha value is -2.55. The summed E-state index contributed by atoms with van der Waals surface area (Å²) in [6.07, 6.45) is 0. The third kappa shape index (κ3) is 3.37. The van der Waals surface area contributed by atoms with Crippen LogP contribution in [0.2, 0.25) is 0 Å². The highest BCUT2D eigenvalue weighted by atomic mass is 32.1. The number of esters is 1. The second-order valence-corrected chi connectivity index (χ2v) is 5.32. The molecule has 0 aliphatic carbocycles. The first-order valence-corrected chi connectivity index (χ1v) is 7.22. The van der Waals surface area contributed by atoms with Crippen molar-refractivity contribution in [2.45, 2.75) is 20.4 Å². The fraction of sp³-hybridized carbons (Fsp3) is 0.308. The van der Waals surface area contributed by atoms with Crippen molar-refractivity contribution in [3.63, 3.8) is 0 Å². The molecule has 0 N–H and O–H groups in total. The minimum Gasteiger partial charge on any atom is -0.465 e. The smallest absolute Gasteiger partial charge is 0.326 e. The Balaban J connectivity index is 2.65. The van der Waals surface area contributed by atoms with Crippen molar-refractivity contribution in [3.8, 4) is 0 Å². The van der Waals surface area contributed by atoms with Crippen LogP contribution in [0.1, 0.15) is 13.8 Å². The van der Waals surface area contributed by atoms with Crippen LogP contribution in [-0.2, 0) is 20.9 Å². The van der Waals surface area contributed by atoms with E-state index in [0.29, 0.717) is 15.0 Å². The lowest BCUT2D eigenvalue weighted by Gasteiger charge is -2.04. The van der Waals surface area contributed by atoms with Crippen LogP contribution in [0.4, 0.5) is 5.69 Å². The number of carbonyl (C=O) groups excluding carboxylic acids is 2. The van der Waals surface area contributed by atoms with Gasteiger partial charge in [-0.1, -0.05) is 11.3 Å². The second kappa shape index (κ2) is 6.48. The maximum absolute atomic E-state index is 11.7. The Morgan fingerprint density at radius 3 is 2.77 bits per heavy atom. The molecule has 1 amide bonds. The van der Waals surface area contributed by atoms with E-state index in [4.69, 9.17) is 4.74 Å². The number of thiazole rings is 1. The maximum atomic E-state index is 11.7. The first-order chi connectivity index (χ1) is 10.4. The molecule has 0 fully saturated rings. The topological polar surface area (TPSA) is 104 Å². The van der Waals surface area contributed by atoms with Gasteiger partial charge in [-0.25, -0.2) is 0 Å². The largest absolute Gasteiger partial charge is 0.465 e. The van der Waals surface area contributed by atoms with E-state index >= 15 is 0 Å². The lowest BCUT2D eigenvalue weighted by atomic mass is 10.3. The Bertz CT molecular complexity index is 821. The zero-order valence-corrected chi connectivity index (χ0v) is 12.8. The molecular formula is C13H13N3O5S. The summed E-state index contributed by atoms with van der Waals surface area (Å²) in [6.45, 7) is 3.03. The number of amides is 1. The number of benzene rings is 1. The molecule has 1 heterocycles. The molecule has 0 spiro atoms. The molecule has 0 saturated carbocycles. The first kappa shape index (κ1) is 15.8. The second-order valence-electron chi connectivity index (χ2n) is 4.32. The van der Waals surface area contributed by atoms with Gasteiger partial charge in [-0.05, 0) is 13.0 Å². The molecule has 116 valence electrons. The molecular weight excluding hydrogens is 310 g/mol. The Kier molecular flexibility index (Phi) is 4.66. The minimum atomic E-state index is -0.520. The molecule has 0 saturated heterocycles. The van der Waals surface area contributed by atoms with Gasteiger partial charge in [0.25, 0.3) is 5.69 Å². The van der Waals surface area contributed by atoms with Gasteiger partial charge in [0.15, 0.2) is 4.80 Å². The number of nitro groups is 1. The SMILES string of the molecule is CCOC(=O)Cn1c(=NC(C)=O)sc2ccc([N+](=O)[O-])cc21. The highest BCUT2D eigenvalue weighted by Crippen LogP contribution is 2.23. The molecule has 0 unspecified atom stereocenters. The Morgan fingerprint density at radius 1 is 1.45 bits per heavy atom. The van der Waals surface area contributed by atoms with Crippen LogP contribution in [0.3, 0.4) is 0 Å². The average molecular weight is 323 g/mol. The van der Waals surface area contributed by atoms with Crippen LogP contribution in [0.25, 0.3) is 10.2 Å². The zero-order valence-electron chi connectivity index (χ0n) is 11.9. The third-order valence-corrected chi connectivity index (χ3v) is 3.78. The predicted octanol–water partition coefficient (Wildman–Crippen LogP) is 1.62. The summed E-state index contributed by atoms with van der Waals surface area (Å²) in [5.41, 5.74) is 0.365. The van der Waals surface area contributed by atoms with Crippen LogP contribution >= 0.6 is 11.3 Å². The van der Waals surface area contributed by atoms with E-state index < -0.39 is 16.8 Å². The van der Waals surface area contributed by atoms with Crippen molar-refractivity contribution >= 4 is 39.1 Å². The Morgan fingerprint density at radius 2 is 2.18 bits per heavy atom. The van der Waals surface area contributed by atoms with E-state index in [2.05, 4.69) is 4.99 Å². The van der Waals surface area contributed by atoms with Gasteiger partial charge < -0.3 is 9.30 Å². The molecule has 22 heavy (non-hydrogen) atoms. The number of carbonyl (C=O) groups is 2.